The molecule has 1 fully saturated rings. The summed E-state index contributed by atoms with van der Waals surface area (Å²) < 4.78 is 5.18. The van der Waals surface area contributed by atoms with Crippen molar-refractivity contribution in [2.24, 2.45) is 0 Å². The number of furan rings is 1. The molecular weight excluding hydrogens is 448 g/mol. The highest BCUT2D eigenvalue weighted by Gasteiger charge is 2.26. The van der Waals surface area contributed by atoms with Gasteiger partial charge in [0, 0.05) is 24.0 Å². The molecule has 0 aromatic carbocycles. The number of piperidine rings is 1. The van der Waals surface area contributed by atoms with Crippen LogP contribution in [0.15, 0.2) is 27.6 Å². The highest BCUT2D eigenvalue weighted by molar-refractivity contribution is 7.99. The molecule has 32 heavy (non-hydrogen) atoms. The minimum Gasteiger partial charge on any atom is -0.459 e. The van der Waals surface area contributed by atoms with Crippen LogP contribution < -0.4 is 10.9 Å². The number of nitrogens with zero attached hydrogens (tertiary/aromatic N) is 2. The van der Waals surface area contributed by atoms with Crippen LogP contribution in [0, 0.1) is 0 Å². The van der Waals surface area contributed by atoms with Crippen LogP contribution in [0.5, 0.6) is 0 Å². The van der Waals surface area contributed by atoms with Gasteiger partial charge in [0.25, 0.3) is 11.5 Å². The molecule has 0 bridgehead atoms. The van der Waals surface area contributed by atoms with Crippen molar-refractivity contribution in [3.05, 3.63) is 50.8 Å². The summed E-state index contributed by atoms with van der Waals surface area (Å²) in [5.74, 6) is 1.60. The number of nitrogens with one attached hydrogen (secondary N) is 2. The Morgan fingerprint density at radius 1 is 1.31 bits per heavy atom. The van der Waals surface area contributed by atoms with Crippen LogP contribution in [0.3, 0.4) is 0 Å². The van der Waals surface area contributed by atoms with E-state index in [1.165, 1.54) is 28.5 Å². The number of thiophene rings is 1. The zero-order chi connectivity index (χ0) is 22.1. The molecule has 168 valence electrons. The third-order valence-electron chi connectivity index (χ3n) is 5.98. The van der Waals surface area contributed by atoms with Crippen molar-refractivity contribution < 1.29 is 14.0 Å². The van der Waals surface area contributed by atoms with Crippen LogP contribution in [0.4, 0.5) is 0 Å². The van der Waals surface area contributed by atoms with Crippen LogP contribution in [0.2, 0.25) is 0 Å². The minimum absolute atomic E-state index is 0.0377. The number of thioether (sulfide) groups is 1. The van der Waals surface area contributed by atoms with E-state index in [1.807, 2.05) is 0 Å². The fourth-order valence-electron chi connectivity index (χ4n) is 4.41. The summed E-state index contributed by atoms with van der Waals surface area (Å²) in [5.41, 5.74) is 1.11. The molecule has 4 heterocycles. The van der Waals surface area contributed by atoms with E-state index >= 15 is 0 Å². The van der Waals surface area contributed by atoms with Gasteiger partial charge in [-0.3, -0.25) is 14.4 Å². The molecular formula is C22H24N4O4S2. The number of likely N-dealkylation sites (tertiary alicyclic amines) is 1. The number of aromatic nitrogens is 2. The lowest BCUT2D eigenvalue weighted by Crippen LogP contribution is -2.46. The molecule has 8 nitrogen and oxygen atoms in total. The first-order chi connectivity index (χ1) is 15.6. The van der Waals surface area contributed by atoms with Crippen molar-refractivity contribution >= 4 is 45.1 Å². The molecule has 1 aliphatic carbocycles. The second-order valence-electron chi connectivity index (χ2n) is 8.15. The molecule has 3 aromatic rings. The molecule has 3 aromatic heterocycles. The number of carbonyl (C=O) groups is 2. The zero-order valence-corrected chi connectivity index (χ0v) is 19.2. The monoisotopic (exact) mass is 472 g/mol. The number of hydrogen-bond donors (Lipinski definition) is 2. The van der Waals surface area contributed by atoms with Crippen molar-refractivity contribution in [3.63, 3.8) is 0 Å². The van der Waals surface area contributed by atoms with Gasteiger partial charge < -0.3 is 19.6 Å². The first-order valence-electron chi connectivity index (χ1n) is 10.8. The topological polar surface area (TPSA) is 108 Å². The van der Waals surface area contributed by atoms with Crippen LogP contribution in [0.25, 0.3) is 10.2 Å². The van der Waals surface area contributed by atoms with E-state index in [4.69, 9.17) is 4.42 Å². The number of fused-ring (bicyclic) bond motifs is 3. The van der Waals surface area contributed by atoms with Crippen molar-refractivity contribution in [2.75, 3.05) is 18.8 Å². The summed E-state index contributed by atoms with van der Waals surface area (Å²) in [4.78, 5) is 48.6. The van der Waals surface area contributed by atoms with Gasteiger partial charge >= 0.3 is 0 Å². The number of aromatic amines is 1. The number of hydrogen-bond acceptors (Lipinski definition) is 7. The molecule has 1 aliphatic heterocycles. The van der Waals surface area contributed by atoms with Gasteiger partial charge in [-0.2, -0.15) is 0 Å². The Hall–Kier alpha value is -2.59. The van der Waals surface area contributed by atoms with E-state index in [0.717, 1.165) is 42.3 Å². The van der Waals surface area contributed by atoms with Crippen molar-refractivity contribution in [1.29, 1.82) is 0 Å². The van der Waals surface area contributed by atoms with Crippen LogP contribution in [-0.4, -0.2) is 51.6 Å². The number of rotatable bonds is 6. The summed E-state index contributed by atoms with van der Waals surface area (Å²) in [6.45, 7) is 1.18. The number of carbonyl (C=O) groups excluding carboxylic acids is 2. The van der Waals surface area contributed by atoms with Gasteiger partial charge in [-0.25, -0.2) is 4.98 Å². The van der Waals surface area contributed by atoms with Crippen molar-refractivity contribution in [1.82, 2.24) is 20.2 Å². The highest BCUT2D eigenvalue weighted by Crippen LogP contribution is 2.34. The predicted molar refractivity (Wildman–Crippen MR) is 124 cm³/mol. The molecule has 0 radical (unpaired) electrons. The smallest absolute Gasteiger partial charge is 0.289 e. The summed E-state index contributed by atoms with van der Waals surface area (Å²) >= 11 is 3.06. The molecule has 0 saturated carbocycles. The number of aryl methyl sites for hydroxylation is 2. The third-order valence-corrected chi connectivity index (χ3v) is 8.10. The molecule has 2 aliphatic rings. The van der Waals surface area contributed by atoms with Gasteiger partial charge in [0.15, 0.2) is 5.76 Å². The summed E-state index contributed by atoms with van der Waals surface area (Å²) in [5, 5.41) is 3.81. The maximum absolute atomic E-state index is 12.5. The number of H-pyrrole nitrogens is 1. The zero-order valence-electron chi connectivity index (χ0n) is 17.5. The van der Waals surface area contributed by atoms with Gasteiger partial charge in [0.05, 0.1) is 23.2 Å². The largest absolute Gasteiger partial charge is 0.459 e. The van der Waals surface area contributed by atoms with E-state index in [1.54, 1.807) is 28.4 Å². The Balaban J connectivity index is 1.08. The molecule has 1 saturated heterocycles. The van der Waals surface area contributed by atoms with Crippen molar-refractivity contribution in [2.45, 2.75) is 43.9 Å². The summed E-state index contributed by atoms with van der Waals surface area (Å²) in [6.07, 6.45) is 6.05. The van der Waals surface area contributed by atoms with E-state index in [2.05, 4.69) is 15.3 Å². The van der Waals surface area contributed by atoms with Gasteiger partial charge in [0.1, 0.15) is 10.7 Å². The third kappa shape index (κ3) is 4.33. The van der Waals surface area contributed by atoms with E-state index in [0.29, 0.717) is 36.2 Å². The average molecular weight is 473 g/mol. The first-order valence-corrected chi connectivity index (χ1v) is 12.8. The van der Waals surface area contributed by atoms with Gasteiger partial charge in [-0.1, -0.05) is 0 Å². The Kier molecular flexibility index (Phi) is 6.05. The quantitative estimate of drug-likeness (QED) is 0.571. The normalized spacial score (nSPS) is 16.4. The predicted octanol–water partition coefficient (Wildman–Crippen LogP) is 2.72. The maximum Gasteiger partial charge on any atom is 0.289 e. The maximum atomic E-state index is 12.5. The Bertz CT molecular complexity index is 1190. The molecule has 2 N–H and O–H groups in total. The van der Waals surface area contributed by atoms with E-state index in [9.17, 15) is 14.4 Å². The highest BCUT2D eigenvalue weighted by atomic mass is 32.2. The molecule has 2 amide bonds. The molecule has 10 heteroatoms. The van der Waals surface area contributed by atoms with Gasteiger partial charge in [0.2, 0.25) is 5.91 Å². The molecule has 0 unspecified atom stereocenters. The Morgan fingerprint density at radius 2 is 2.16 bits per heavy atom. The van der Waals surface area contributed by atoms with Crippen LogP contribution in [0.1, 0.15) is 46.1 Å². The molecule has 5 rings (SSSR count). The lowest BCUT2D eigenvalue weighted by molar-refractivity contribution is -0.119. The van der Waals surface area contributed by atoms with Gasteiger partial charge in [-0.15, -0.1) is 23.1 Å². The standard InChI is InChI=1S/C22H24N4O4S2/c27-18(23-13-6-8-26(9-7-13)22(29)15-4-2-10-30-15)12-31-11-17-24-20(28)19-14-3-1-5-16(14)32-21(19)25-17/h2,4,10,13H,1,3,5-9,11-12H2,(H,23,27)(H,24,25,28). The minimum atomic E-state index is -0.107. The Labute approximate surface area is 192 Å². The second-order valence-corrected chi connectivity index (χ2v) is 10.2. The Morgan fingerprint density at radius 3 is 2.94 bits per heavy atom. The first kappa shape index (κ1) is 21.3. The molecule has 0 atom stereocenters. The SMILES string of the molecule is O=C(CSCc1nc2sc3c(c2c(=O)[nH]1)CCC3)NC1CCN(C(=O)c2ccco2)CC1. The fraction of sp³-hybridized carbons (Fsp3) is 0.455. The molecule has 0 spiro atoms. The van der Waals surface area contributed by atoms with E-state index in [-0.39, 0.29) is 23.4 Å². The average Bonchev–Trinajstić information content (AvgIpc) is 3.51. The second kappa shape index (κ2) is 9.11. The van der Waals surface area contributed by atoms with Crippen LogP contribution in [-0.2, 0) is 23.4 Å². The summed E-state index contributed by atoms with van der Waals surface area (Å²) in [6, 6.07) is 3.43. The fourth-order valence-corrected chi connectivity index (χ4v) is 6.39. The van der Waals surface area contributed by atoms with Crippen LogP contribution >= 0.6 is 23.1 Å². The lowest BCUT2D eigenvalue weighted by Gasteiger charge is -2.31. The van der Waals surface area contributed by atoms with Crippen molar-refractivity contribution in [3.8, 4) is 0 Å². The number of amides is 2. The lowest BCUT2D eigenvalue weighted by atomic mass is 10.0. The van der Waals surface area contributed by atoms with E-state index < -0.39 is 0 Å². The van der Waals surface area contributed by atoms with Gasteiger partial charge in [-0.05, 0) is 49.8 Å². The summed E-state index contributed by atoms with van der Waals surface area (Å²) in [7, 11) is 0.